The van der Waals surface area contributed by atoms with Gasteiger partial charge in [0.25, 0.3) is 0 Å². The highest BCUT2D eigenvalue weighted by atomic mass is 79.9. The molecule has 32 heavy (non-hydrogen) atoms. The number of halogens is 1. The Morgan fingerprint density at radius 2 is 2.00 bits per heavy atom. The van der Waals surface area contributed by atoms with E-state index in [1.54, 1.807) is 0 Å². The van der Waals surface area contributed by atoms with Gasteiger partial charge in [0, 0.05) is 22.5 Å². The first kappa shape index (κ1) is 22.5. The molecule has 168 valence electrons. The summed E-state index contributed by atoms with van der Waals surface area (Å²) in [5, 5.41) is 7.17. The fourth-order valence-corrected chi connectivity index (χ4v) is 4.21. The smallest absolute Gasteiger partial charge is 0.241 e. The third-order valence-electron chi connectivity index (χ3n) is 5.57. The molecule has 3 aromatic rings. The van der Waals surface area contributed by atoms with Gasteiger partial charge in [-0.25, -0.2) is 0 Å². The molecule has 2 aromatic carbocycles. The van der Waals surface area contributed by atoms with Gasteiger partial charge in [-0.2, -0.15) is 4.98 Å². The summed E-state index contributed by atoms with van der Waals surface area (Å²) in [4.78, 5) is 19.4. The van der Waals surface area contributed by atoms with Gasteiger partial charge in [-0.15, -0.1) is 0 Å². The lowest BCUT2D eigenvalue weighted by Crippen LogP contribution is -2.40. The van der Waals surface area contributed by atoms with Gasteiger partial charge in [0.15, 0.2) is 0 Å². The van der Waals surface area contributed by atoms with Crippen LogP contribution < -0.4 is 10.1 Å². The molecule has 1 fully saturated rings. The minimum absolute atomic E-state index is 0.0360. The highest BCUT2D eigenvalue weighted by Crippen LogP contribution is 2.22. The van der Waals surface area contributed by atoms with Crippen molar-refractivity contribution in [1.82, 2.24) is 20.4 Å². The maximum absolute atomic E-state index is 12.6. The molecule has 0 spiro atoms. The van der Waals surface area contributed by atoms with E-state index in [1.165, 1.54) is 0 Å². The van der Waals surface area contributed by atoms with Gasteiger partial charge < -0.3 is 14.6 Å². The van der Waals surface area contributed by atoms with Crippen molar-refractivity contribution >= 4 is 21.8 Å². The third kappa shape index (κ3) is 5.95. The molecule has 8 heteroatoms. The summed E-state index contributed by atoms with van der Waals surface area (Å²) in [6, 6.07) is 15.7. The molecule has 1 aromatic heterocycles. The topological polar surface area (TPSA) is 80.5 Å². The van der Waals surface area contributed by atoms with Gasteiger partial charge in [0.05, 0.1) is 13.2 Å². The first-order valence-electron chi connectivity index (χ1n) is 10.9. The molecule has 1 saturated heterocycles. The Bertz CT molecular complexity index is 1030. The van der Waals surface area contributed by atoms with Crippen LogP contribution in [-0.2, 0) is 17.9 Å². The molecule has 0 radical (unpaired) electrons. The van der Waals surface area contributed by atoms with Crippen molar-refractivity contribution in [1.29, 1.82) is 0 Å². The largest absolute Gasteiger partial charge is 0.494 e. The lowest BCUT2D eigenvalue weighted by Gasteiger charge is -2.30. The van der Waals surface area contributed by atoms with Crippen LogP contribution in [-0.4, -0.2) is 40.6 Å². The second kappa shape index (κ2) is 10.7. The van der Waals surface area contributed by atoms with Crippen LogP contribution >= 0.6 is 15.9 Å². The zero-order chi connectivity index (χ0) is 22.3. The van der Waals surface area contributed by atoms with Crippen molar-refractivity contribution in [3.63, 3.8) is 0 Å². The standard InChI is InChI=1S/C24H27BrN4O3/c1-2-31-21-8-6-17(7-9-21)15-26-24(30)18-10-12-29(13-11-18)16-22-27-23(28-32-22)19-4-3-5-20(25)14-19/h3-9,14,18H,2,10-13,15-16H2,1H3,(H,26,30). The Kier molecular flexibility index (Phi) is 7.55. The Labute approximate surface area is 196 Å². The van der Waals surface area contributed by atoms with E-state index in [-0.39, 0.29) is 11.8 Å². The van der Waals surface area contributed by atoms with Crippen molar-refractivity contribution in [3.05, 3.63) is 64.5 Å². The number of likely N-dealkylation sites (tertiary alicyclic amines) is 1. The molecule has 0 atom stereocenters. The lowest BCUT2D eigenvalue weighted by molar-refractivity contribution is -0.126. The Morgan fingerprint density at radius 1 is 1.22 bits per heavy atom. The second-order valence-electron chi connectivity index (χ2n) is 7.87. The minimum Gasteiger partial charge on any atom is -0.494 e. The van der Waals surface area contributed by atoms with E-state index in [9.17, 15) is 4.79 Å². The summed E-state index contributed by atoms with van der Waals surface area (Å²) in [5.74, 6) is 2.19. The molecular formula is C24H27BrN4O3. The number of benzene rings is 2. The Hall–Kier alpha value is -2.71. The first-order chi connectivity index (χ1) is 15.6. The van der Waals surface area contributed by atoms with Crippen LogP contribution in [0.4, 0.5) is 0 Å². The SMILES string of the molecule is CCOc1ccc(CNC(=O)C2CCN(Cc3nc(-c4cccc(Br)c4)no3)CC2)cc1. The fraction of sp³-hybridized carbons (Fsp3) is 0.375. The number of amides is 1. The van der Waals surface area contributed by atoms with Crippen molar-refractivity contribution < 1.29 is 14.1 Å². The van der Waals surface area contributed by atoms with Gasteiger partial charge in [0.2, 0.25) is 17.6 Å². The van der Waals surface area contributed by atoms with Crippen molar-refractivity contribution in [2.75, 3.05) is 19.7 Å². The fourth-order valence-electron chi connectivity index (χ4n) is 3.81. The second-order valence-corrected chi connectivity index (χ2v) is 8.78. The van der Waals surface area contributed by atoms with Gasteiger partial charge in [-0.1, -0.05) is 45.4 Å². The molecule has 0 aliphatic carbocycles. The van der Waals surface area contributed by atoms with Crippen molar-refractivity contribution in [2.24, 2.45) is 5.92 Å². The van der Waals surface area contributed by atoms with E-state index >= 15 is 0 Å². The lowest BCUT2D eigenvalue weighted by atomic mass is 9.96. The molecule has 1 aliphatic rings. The monoisotopic (exact) mass is 498 g/mol. The van der Waals surface area contributed by atoms with E-state index in [1.807, 2.05) is 55.5 Å². The number of nitrogens with zero attached hydrogens (tertiary/aromatic N) is 3. The first-order valence-corrected chi connectivity index (χ1v) is 11.7. The molecule has 0 saturated carbocycles. The highest BCUT2D eigenvalue weighted by molar-refractivity contribution is 9.10. The summed E-state index contributed by atoms with van der Waals surface area (Å²) >= 11 is 3.46. The van der Waals surface area contributed by atoms with Crippen LogP contribution in [0, 0.1) is 5.92 Å². The van der Waals surface area contributed by atoms with E-state index in [2.05, 4.69) is 36.3 Å². The predicted molar refractivity (Wildman–Crippen MR) is 125 cm³/mol. The van der Waals surface area contributed by atoms with E-state index < -0.39 is 0 Å². The van der Waals surface area contributed by atoms with Crippen LogP contribution in [0.2, 0.25) is 0 Å². The van der Waals surface area contributed by atoms with Gasteiger partial charge in [-0.3, -0.25) is 9.69 Å². The molecule has 7 nitrogen and oxygen atoms in total. The Balaban J connectivity index is 1.22. The molecule has 0 unspecified atom stereocenters. The minimum atomic E-state index is 0.0360. The summed E-state index contributed by atoms with van der Waals surface area (Å²) in [5.41, 5.74) is 1.98. The molecular weight excluding hydrogens is 472 g/mol. The van der Waals surface area contributed by atoms with Crippen LogP contribution in [0.3, 0.4) is 0 Å². The Morgan fingerprint density at radius 3 is 2.72 bits per heavy atom. The number of carbonyl (C=O) groups excluding carboxylic acids is 1. The summed E-state index contributed by atoms with van der Waals surface area (Å²) < 4.78 is 11.9. The van der Waals surface area contributed by atoms with Crippen LogP contribution in [0.5, 0.6) is 5.75 Å². The van der Waals surface area contributed by atoms with Gasteiger partial charge >= 0.3 is 0 Å². The number of carbonyl (C=O) groups is 1. The summed E-state index contributed by atoms with van der Waals surface area (Å²) in [7, 11) is 0. The van der Waals surface area contributed by atoms with E-state index in [0.717, 1.165) is 47.3 Å². The maximum Gasteiger partial charge on any atom is 0.241 e. The van der Waals surface area contributed by atoms with Crippen LogP contribution in [0.25, 0.3) is 11.4 Å². The summed E-state index contributed by atoms with van der Waals surface area (Å²) in [6.45, 7) is 5.40. The zero-order valence-electron chi connectivity index (χ0n) is 18.1. The molecule has 1 amide bonds. The number of nitrogens with one attached hydrogen (secondary N) is 1. The number of rotatable bonds is 8. The molecule has 4 rings (SSSR count). The number of hydrogen-bond donors (Lipinski definition) is 1. The molecule has 2 heterocycles. The number of hydrogen-bond acceptors (Lipinski definition) is 6. The van der Waals surface area contributed by atoms with E-state index in [4.69, 9.17) is 9.26 Å². The zero-order valence-corrected chi connectivity index (χ0v) is 19.7. The predicted octanol–water partition coefficient (Wildman–Crippen LogP) is 4.43. The highest BCUT2D eigenvalue weighted by Gasteiger charge is 2.26. The quantitative estimate of drug-likeness (QED) is 0.494. The van der Waals surface area contributed by atoms with E-state index in [0.29, 0.717) is 31.4 Å². The van der Waals surface area contributed by atoms with Gasteiger partial charge in [0.1, 0.15) is 5.75 Å². The summed E-state index contributed by atoms with van der Waals surface area (Å²) in [6.07, 6.45) is 1.64. The average molecular weight is 499 g/mol. The maximum atomic E-state index is 12.6. The molecule has 0 bridgehead atoms. The van der Waals surface area contributed by atoms with Crippen molar-refractivity contribution in [2.45, 2.75) is 32.9 Å². The molecule has 1 aliphatic heterocycles. The normalized spacial score (nSPS) is 14.9. The number of piperidine rings is 1. The van der Waals surface area contributed by atoms with Gasteiger partial charge in [-0.05, 0) is 62.7 Å². The van der Waals surface area contributed by atoms with Crippen molar-refractivity contribution in [3.8, 4) is 17.1 Å². The third-order valence-corrected chi connectivity index (χ3v) is 6.06. The molecule has 1 N–H and O–H groups in total. The number of aromatic nitrogens is 2. The number of ether oxygens (including phenoxy) is 1. The van der Waals surface area contributed by atoms with Crippen LogP contribution in [0.15, 0.2) is 57.5 Å². The van der Waals surface area contributed by atoms with Crippen LogP contribution in [0.1, 0.15) is 31.2 Å². The average Bonchev–Trinajstić information content (AvgIpc) is 3.28.